The van der Waals surface area contributed by atoms with Gasteiger partial charge in [0.05, 0.1) is 13.7 Å². The van der Waals surface area contributed by atoms with Crippen LogP contribution in [-0.4, -0.2) is 20.3 Å². The summed E-state index contributed by atoms with van der Waals surface area (Å²) in [6.07, 6.45) is 2.84. The maximum Gasteiger partial charge on any atom is 0.161 e. The first kappa shape index (κ1) is 13.2. The first-order valence-corrected chi connectivity index (χ1v) is 5.65. The van der Waals surface area contributed by atoms with E-state index >= 15 is 0 Å². The van der Waals surface area contributed by atoms with Crippen LogP contribution in [0, 0.1) is 0 Å². The van der Waals surface area contributed by atoms with E-state index in [4.69, 9.17) is 15.0 Å². The van der Waals surface area contributed by atoms with Crippen LogP contribution in [0.15, 0.2) is 29.4 Å². The zero-order valence-corrected chi connectivity index (χ0v) is 10.0. The number of para-hydroxylation sites is 2. The second kappa shape index (κ2) is 8.30. The summed E-state index contributed by atoms with van der Waals surface area (Å²) in [7, 11) is 1.63. The molecule has 0 unspecified atom stereocenters. The molecular weight excluding hydrogens is 218 g/mol. The summed E-state index contributed by atoms with van der Waals surface area (Å²) in [5.41, 5.74) is 8.10. The lowest BCUT2D eigenvalue weighted by Crippen LogP contribution is -1.99. The van der Waals surface area contributed by atoms with Crippen molar-refractivity contribution in [3.63, 3.8) is 0 Å². The number of hydrogen-bond acceptors (Lipinski definition) is 3. The molecule has 1 rings (SSSR count). The van der Waals surface area contributed by atoms with Gasteiger partial charge in [-0.15, -0.1) is 0 Å². The van der Waals surface area contributed by atoms with Crippen molar-refractivity contribution >= 4 is 0 Å². The summed E-state index contributed by atoms with van der Waals surface area (Å²) in [5.74, 6) is 1.52. The van der Waals surface area contributed by atoms with E-state index < -0.39 is 0 Å². The smallest absolute Gasteiger partial charge is 0.161 e. The lowest BCUT2D eigenvalue weighted by molar-refractivity contribution is 0.285. The van der Waals surface area contributed by atoms with E-state index in [0.717, 1.165) is 30.8 Å². The standard InChI is InChI=1S/C12H17N3O2/c1-16-11-7-3-4-8-12(11)17-10-6-2-5-9-14-15-13/h3-4,7-8H,2,5-6,9-10H2,1H3. The van der Waals surface area contributed by atoms with Gasteiger partial charge < -0.3 is 9.47 Å². The highest BCUT2D eigenvalue weighted by atomic mass is 16.5. The van der Waals surface area contributed by atoms with Crippen molar-refractivity contribution in [1.82, 2.24) is 0 Å². The second-order valence-corrected chi connectivity index (χ2v) is 3.51. The molecule has 0 spiro atoms. The van der Waals surface area contributed by atoms with Crippen LogP contribution in [0.1, 0.15) is 19.3 Å². The lowest BCUT2D eigenvalue weighted by Gasteiger charge is -2.09. The van der Waals surface area contributed by atoms with Gasteiger partial charge in [0, 0.05) is 11.5 Å². The zero-order valence-electron chi connectivity index (χ0n) is 10.0. The Morgan fingerprint density at radius 3 is 2.65 bits per heavy atom. The van der Waals surface area contributed by atoms with Gasteiger partial charge in [0.15, 0.2) is 11.5 Å². The fourth-order valence-electron chi connectivity index (χ4n) is 1.43. The van der Waals surface area contributed by atoms with Crippen molar-refractivity contribution in [3.05, 3.63) is 34.7 Å². The Kier molecular flexibility index (Phi) is 6.44. The predicted molar refractivity (Wildman–Crippen MR) is 66.4 cm³/mol. The number of nitrogens with zero attached hydrogens (tertiary/aromatic N) is 3. The molecule has 0 aliphatic heterocycles. The molecule has 0 radical (unpaired) electrons. The molecule has 5 nitrogen and oxygen atoms in total. The van der Waals surface area contributed by atoms with Crippen molar-refractivity contribution in [3.8, 4) is 11.5 Å². The van der Waals surface area contributed by atoms with E-state index in [9.17, 15) is 0 Å². The molecule has 92 valence electrons. The Hall–Kier alpha value is -1.87. The highest BCUT2D eigenvalue weighted by molar-refractivity contribution is 5.39. The van der Waals surface area contributed by atoms with Crippen LogP contribution in [0.25, 0.3) is 10.4 Å². The molecule has 0 saturated carbocycles. The van der Waals surface area contributed by atoms with E-state index in [1.165, 1.54) is 0 Å². The fraction of sp³-hybridized carbons (Fsp3) is 0.500. The van der Waals surface area contributed by atoms with Gasteiger partial charge in [0.1, 0.15) is 0 Å². The molecule has 0 atom stereocenters. The van der Waals surface area contributed by atoms with Gasteiger partial charge in [0.2, 0.25) is 0 Å². The van der Waals surface area contributed by atoms with Gasteiger partial charge in [-0.25, -0.2) is 0 Å². The van der Waals surface area contributed by atoms with E-state index in [0.29, 0.717) is 13.2 Å². The number of benzene rings is 1. The Morgan fingerprint density at radius 1 is 1.18 bits per heavy atom. The molecule has 0 fully saturated rings. The first-order valence-electron chi connectivity index (χ1n) is 5.65. The van der Waals surface area contributed by atoms with Gasteiger partial charge >= 0.3 is 0 Å². The van der Waals surface area contributed by atoms with Crippen molar-refractivity contribution in [1.29, 1.82) is 0 Å². The predicted octanol–water partition coefficient (Wildman–Crippen LogP) is 3.55. The summed E-state index contributed by atoms with van der Waals surface area (Å²) in [4.78, 5) is 2.70. The number of unbranched alkanes of at least 4 members (excludes halogenated alkanes) is 2. The van der Waals surface area contributed by atoms with Gasteiger partial charge in [-0.1, -0.05) is 17.2 Å². The van der Waals surface area contributed by atoms with Gasteiger partial charge in [-0.05, 0) is 36.9 Å². The van der Waals surface area contributed by atoms with E-state index in [1.54, 1.807) is 7.11 Å². The number of hydrogen-bond donors (Lipinski definition) is 0. The number of rotatable bonds is 8. The quantitative estimate of drug-likeness (QED) is 0.299. The Labute approximate surface area is 101 Å². The third-order valence-electron chi connectivity index (χ3n) is 2.29. The largest absolute Gasteiger partial charge is 0.493 e. The summed E-state index contributed by atoms with van der Waals surface area (Å²) in [5, 5.41) is 3.47. The summed E-state index contributed by atoms with van der Waals surface area (Å²) in [6.45, 7) is 1.21. The molecule has 0 heterocycles. The Bertz CT molecular complexity index is 376. The fourth-order valence-corrected chi connectivity index (χ4v) is 1.43. The molecular formula is C12H17N3O2. The van der Waals surface area contributed by atoms with Crippen LogP contribution in [0.3, 0.4) is 0 Å². The van der Waals surface area contributed by atoms with E-state index in [-0.39, 0.29) is 0 Å². The van der Waals surface area contributed by atoms with Gasteiger partial charge in [-0.3, -0.25) is 0 Å². The molecule has 0 aromatic heterocycles. The SMILES string of the molecule is COc1ccccc1OCCCCCN=[N+]=[N-]. The van der Waals surface area contributed by atoms with Crippen molar-refractivity contribution in [2.75, 3.05) is 20.3 Å². The van der Waals surface area contributed by atoms with Crippen molar-refractivity contribution < 1.29 is 9.47 Å². The first-order chi connectivity index (χ1) is 8.38. The van der Waals surface area contributed by atoms with Crippen molar-refractivity contribution in [2.45, 2.75) is 19.3 Å². The van der Waals surface area contributed by atoms with Crippen LogP contribution in [0.5, 0.6) is 11.5 Å². The molecule has 0 bridgehead atoms. The number of azide groups is 1. The number of ether oxygens (including phenoxy) is 2. The molecule has 0 saturated heterocycles. The van der Waals surface area contributed by atoms with Crippen LogP contribution in [0.2, 0.25) is 0 Å². The Balaban J connectivity index is 2.19. The maximum atomic E-state index is 8.10. The van der Waals surface area contributed by atoms with E-state index in [1.807, 2.05) is 24.3 Å². The summed E-state index contributed by atoms with van der Waals surface area (Å²) >= 11 is 0. The van der Waals surface area contributed by atoms with Crippen LogP contribution >= 0.6 is 0 Å². The molecule has 0 aliphatic rings. The van der Waals surface area contributed by atoms with Gasteiger partial charge in [0.25, 0.3) is 0 Å². The Morgan fingerprint density at radius 2 is 1.94 bits per heavy atom. The normalized spacial score (nSPS) is 9.47. The van der Waals surface area contributed by atoms with Crippen LogP contribution < -0.4 is 9.47 Å². The molecule has 0 amide bonds. The van der Waals surface area contributed by atoms with Crippen molar-refractivity contribution in [2.24, 2.45) is 5.11 Å². The number of methoxy groups -OCH3 is 1. The monoisotopic (exact) mass is 235 g/mol. The van der Waals surface area contributed by atoms with Crippen LogP contribution in [-0.2, 0) is 0 Å². The molecule has 17 heavy (non-hydrogen) atoms. The molecule has 1 aromatic carbocycles. The maximum absolute atomic E-state index is 8.10. The minimum atomic E-state index is 0.561. The molecule has 0 N–H and O–H groups in total. The van der Waals surface area contributed by atoms with Crippen LogP contribution in [0.4, 0.5) is 0 Å². The lowest BCUT2D eigenvalue weighted by atomic mass is 10.2. The summed E-state index contributed by atoms with van der Waals surface area (Å²) < 4.78 is 10.8. The topological polar surface area (TPSA) is 67.2 Å². The highest BCUT2D eigenvalue weighted by Gasteiger charge is 2.01. The minimum absolute atomic E-state index is 0.561. The average Bonchev–Trinajstić information content (AvgIpc) is 2.38. The van der Waals surface area contributed by atoms with Gasteiger partial charge in [-0.2, -0.15) is 0 Å². The third kappa shape index (κ3) is 5.13. The molecule has 1 aromatic rings. The highest BCUT2D eigenvalue weighted by Crippen LogP contribution is 2.25. The minimum Gasteiger partial charge on any atom is -0.493 e. The molecule has 5 heteroatoms. The zero-order chi connectivity index (χ0) is 12.3. The average molecular weight is 235 g/mol. The second-order valence-electron chi connectivity index (χ2n) is 3.51. The summed E-state index contributed by atoms with van der Waals surface area (Å²) in [6, 6.07) is 7.58. The molecule has 0 aliphatic carbocycles. The third-order valence-corrected chi connectivity index (χ3v) is 2.29. The van der Waals surface area contributed by atoms with E-state index in [2.05, 4.69) is 10.0 Å².